The number of nitrogens with two attached hydrogens (primary N) is 1. The van der Waals surface area contributed by atoms with Gasteiger partial charge in [-0.3, -0.25) is 4.79 Å². The van der Waals surface area contributed by atoms with Crippen molar-refractivity contribution in [1.29, 1.82) is 0 Å². The number of amides is 1. The fourth-order valence-corrected chi connectivity index (χ4v) is 5.15. The smallest absolute Gasteiger partial charge is 0.254 e. The van der Waals surface area contributed by atoms with Crippen LogP contribution >= 0.6 is 15.9 Å². The summed E-state index contributed by atoms with van der Waals surface area (Å²) in [4.78, 5) is 21.9. The van der Waals surface area contributed by atoms with E-state index in [4.69, 9.17) is 5.73 Å². The van der Waals surface area contributed by atoms with E-state index in [1.807, 2.05) is 6.92 Å². The summed E-state index contributed by atoms with van der Waals surface area (Å²) in [5.74, 6) is -1.39. The molecule has 0 unspecified atom stereocenters. The van der Waals surface area contributed by atoms with Crippen molar-refractivity contribution in [3.05, 3.63) is 75.5 Å². The number of anilines is 1. The monoisotopic (exact) mass is 558 g/mol. The minimum atomic E-state index is -0.715. The zero-order chi connectivity index (χ0) is 25.8. The first-order valence-corrected chi connectivity index (χ1v) is 12.9. The maximum Gasteiger partial charge on any atom is 0.254 e. The van der Waals surface area contributed by atoms with Crippen LogP contribution in [-0.4, -0.2) is 27.1 Å². The molecule has 9 heteroatoms. The van der Waals surface area contributed by atoms with Gasteiger partial charge in [0.2, 0.25) is 0 Å². The number of carbonyl (C=O) groups excluding carboxylic acids is 1. The van der Waals surface area contributed by atoms with Gasteiger partial charge in [0.1, 0.15) is 23.1 Å². The van der Waals surface area contributed by atoms with Crippen LogP contribution in [0.1, 0.15) is 79.0 Å². The molecule has 0 saturated heterocycles. The zero-order valence-corrected chi connectivity index (χ0v) is 21.6. The lowest BCUT2D eigenvalue weighted by atomic mass is 9.85. The van der Waals surface area contributed by atoms with Gasteiger partial charge >= 0.3 is 0 Å². The second-order valence-electron chi connectivity index (χ2n) is 9.25. The quantitative estimate of drug-likeness (QED) is 0.327. The number of halogens is 3. The molecule has 6 nitrogen and oxygen atoms in total. The minimum Gasteiger partial charge on any atom is -0.393 e. The van der Waals surface area contributed by atoms with Gasteiger partial charge in [-0.1, -0.05) is 35.3 Å². The molecule has 36 heavy (non-hydrogen) atoms. The van der Waals surface area contributed by atoms with E-state index in [9.17, 15) is 14.3 Å². The second-order valence-corrected chi connectivity index (χ2v) is 10.2. The van der Waals surface area contributed by atoms with Crippen molar-refractivity contribution in [2.75, 3.05) is 5.73 Å². The number of aliphatic hydroxyl groups excluding tert-OH is 1. The molecule has 1 amide bonds. The average Bonchev–Trinajstić information content (AvgIpc) is 2.84. The van der Waals surface area contributed by atoms with Gasteiger partial charge in [-0.25, -0.2) is 18.7 Å². The highest BCUT2D eigenvalue weighted by Gasteiger charge is 2.24. The fourth-order valence-electron chi connectivity index (χ4n) is 4.66. The van der Waals surface area contributed by atoms with E-state index in [1.165, 1.54) is 24.3 Å². The molecule has 4 rings (SSSR count). The average molecular weight is 559 g/mol. The highest BCUT2D eigenvalue weighted by Crippen LogP contribution is 2.34. The number of carbonyl (C=O) groups is 1. The van der Waals surface area contributed by atoms with Crippen molar-refractivity contribution in [1.82, 2.24) is 15.3 Å². The molecular formula is C27H29BrF2N4O2. The SMILES string of the molecule is CCC[C@@H](NC(=O)c1ccc(-c2nc(C3CCC(O)CC3)cnc2N)cc1F)c1cc(F)cc(Br)c1. The Kier molecular flexibility index (Phi) is 8.31. The van der Waals surface area contributed by atoms with Crippen molar-refractivity contribution in [3.63, 3.8) is 0 Å². The van der Waals surface area contributed by atoms with Crippen LogP contribution in [0.2, 0.25) is 0 Å². The Morgan fingerprint density at radius 2 is 1.94 bits per heavy atom. The first-order chi connectivity index (χ1) is 17.2. The van der Waals surface area contributed by atoms with Gasteiger partial charge in [-0.2, -0.15) is 0 Å². The minimum absolute atomic E-state index is 0.126. The Bertz CT molecular complexity index is 1230. The summed E-state index contributed by atoms with van der Waals surface area (Å²) in [6.07, 6.45) is 5.67. The maximum absolute atomic E-state index is 15.1. The predicted molar refractivity (Wildman–Crippen MR) is 138 cm³/mol. The number of hydrogen-bond donors (Lipinski definition) is 3. The van der Waals surface area contributed by atoms with Gasteiger partial charge in [-0.15, -0.1) is 0 Å². The predicted octanol–water partition coefficient (Wildman–Crippen LogP) is 6.06. The molecule has 2 aromatic carbocycles. The third kappa shape index (κ3) is 6.07. The number of aromatic nitrogens is 2. The van der Waals surface area contributed by atoms with Crippen molar-refractivity contribution in [3.8, 4) is 11.3 Å². The van der Waals surface area contributed by atoms with E-state index in [0.29, 0.717) is 40.6 Å². The number of nitrogen functional groups attached to an aromatic ring is 1. The number of hydrogen-bond acceptors (Lipinski definition) is 5. The lowest BCUT2D eigenvalue weighted by Crippen LogP contribution is -2.29. The first-order valence-electron chi connectivity index (χ1n) is 12.1. The molecule has 1 aromatic heterocycles. The van der Waals surface area contributed by atoms with Gasteiger partial charge in [0.25, 0.3) is 5.91 Å². The molecule has 4 N–H and O–H groups in total. The highest BCUT2D eigenvalue weighted by molar-refractivity contribution is 9.10. The standard InChI is InChI=1S/C27H29BrF2N4O2/c1-2-3-23(17-10-18(28)13-19(29)11-17)34-27(36)21-9-6-16(12-22(21)30)25-26(31)32-14-24(33-25)15-4-7-20(35)8-5-15/h6,9-15,20,23,35H,2-5,7-8H2,1H3,(H2,31,32)(H,34,36)/t15?,20?,23-/m1/s1. The number of rotatable bonds is 7. The van der Waals surface area contributed by atoms with Crippen molar-refractivity contribution in [2.24, 2.45) is 0 Å². The topological polar surface area (TPSA) is 101 Å². The maximum atomic E-state index is 15.1. The van der Waals surface area contributed by atoms with Crippen LogP contribution in [0.25, 0.3) is 11.3 Å². The molecule has 1 atom stereocenters. The normalized spacial score (nSPS) is 18.6. The second kappa shape index (κ2) is 11.4. The molecule has 190 valence electrons. The van der Waals surface area contributed by atoms with Gasteiger partial charge in [-0.05, 0) is 68.0 Å². The van der Waals surface area contributed by atoms with E-state index in [-0.39, 0.29) is 23.4 Å². The zero-order valence-electron chi connectivity index (χ0n) is 20.0. The van der Waals surface area contributed by atoms with Crippen LogP contribution in [0.15, 0.2) is 47.1 Å². The highest BCUT2D eigenvalue weighted by atomic mass is 79.9. The van der Waals surface area contributed by atoms with Gasteiger partial charge in [0.05, 0.1) is 29.6 Å². The summed E-state index contributed by atoms with van der Waals surface area (Å²) in [7, 11) is 0. The third-order valence-electron chi connectivity index (χ3n) is 6.59. The Morgan fingerprint density at radius 1 is 1.19 bits per heavy atom. The fraction of sp³-hybridized carbons (Fsp3) is 0.370. The van der Waals surface area contributed by atoms with Gasteiger partial charge < -0.3 is 16.2 Å². The molecule has 1 heterocycles. The van der Waals surface area contributed by atoms with E-state index in [0.717, 1.165) is 25.0 Å². The summed E-state index contributed by atoms with van der Waals surface area (Å²) < 4.78 is 29.6. The van der Waals surface area contributed by atoms with Crippen molar-refractivity contribution >= 4 is 27.7 Å². The molecule has 0 bridgehead atoms. The summed E-state index contributed by atoms with van der Waals surface area (Å²) in [6.45, 7) is 1.96. The molecule has 1 aliphatic rings. The van der Waals surface area contributed by atoms with E-state index in [1.54, 1.807) is 18.3 Å². The summed E-state index contributed by atoms with van der Waals surface area (Å²) >= 11 is 3.28. The molecule has 1 saturated carbocycles. The van der Waals surface area contributed by atoms with Crippen LogP contribution in [0.5, 0.6) is 0 Å². The van der Waals surface area contributed by atoms with Crippen LogP contribution in [0.3, 0.4) is 0 Å². The number of nitrogens with zero attached hydrogens (tertiary/aromatic N) is 2. The largest absolute Gasteiger partial charge is 0.393 e. The van der Waals surface area contributed by atoms with E-state index >= 15 is 4.39 Å². The summed E-state index contributed by atoms with van der Waals surface area (Å²) in [6, 6.07) is 8.21. The van der Waals surface area contributed by atoms with Crippen LogP contribution in [0, 0.1) is 11.6 Å². The summed E-state index contributed by atoms with van der Waals surface area (Å²) in [5.41, 5.74) is 8.08. The van der Waals surface area contributed by atoms with E-state index < -0.39 is 23.6 Å². The Morgan fingerprint density at radius 3 is 2.61 bits per heavy atom. The van der Waals surface area contributed by atoms with Crippen molar-refractivity contribution in [2.45, 2.75) is 63.5 Å². The van der Waals surface area contributed by atoms with Gasteiger partial charge in [0.15, 0.2) is 0 Å². The molecule has 3 aromatic rings. The molecular weight excluding hydrogens is 530 g/mol. The number of aliphatic hydroxyl groups is 1. The van der Waals surface area contributed by atoms with Gasteiger partial charge in [0, 0.05) is 16.0 Å². The summed E-state index contributed by atoms with van der Waals surface area (Å²) in [5, 5.41) is 12.6. The molecule has 0 spiro atoms. The Hall–Kier alpha value is -2.91. The van der Waals surface area contributed by atoms with Crippen LogP contribution in [0.4, 0.5) is 14.6 Å². The molecule has 0 aliphatic heterocycles. The van der Waals surface area contributed by atoms with Crippen LogP contribution < -0.4 is 11.1 Å². The van der Waals surface area contributed by atoms with E-state index in [2.05, 4.69) is 31.2 Å². The Balaban J connectivity index is 1.56. The Labute approximate surface area is 217 Å². The first kappa shape index (κ1) is 26.2. The third-order valence-corrected chi connectivity index (χ3v) is 7.05. The number of nitrogens with one attached hydrogen (secondary N) is 1. The molecule has 1 fully saturated rings. The van der Waals surface area contributed by atoms with Crippen LogP contribution in [-0.2, 0) is 0 Å². The van der Waals surface area contributed by atoms with Crippen molar-refractivity contribution < 1.29 is 18.7 Å². The lowest BCUT2D eigenvalue weighted by molar-refractivity contribution is 0.0930. The lowest BCUT2D eigenvalue weighted by Gasteiger charge is -2.25. The molecule has 1 aliphatic carbocycles. The molecule has 0 radical (unpaired) electrons. The number of benzene rings is 2.